The number of urea groups is 1. The first-order valence-electron chi connectivity index (χ1n) is 5.51. The molecule has 1 saturated heterocycles. The molecule has 0 spiro atoms. The van der Waals surface area contributed by atoms with E-state index in [0.29, 0.717) is 6.42 Å². The number of carboxylic acids is 1. The van der Waals surface area contributed by atoms with Crippen molar-refractivity contribution in [3.8, 4) is 0 Å². The number of hydrogen-bond donors (Lipinski definition) is 3. The standard InChI is InChI=1S/C10H18N2O3S/c1-2-3-8(9(13)14)12-10(15)11-7-4-5-16-6-7/h7-8H,2-6H2,1H3,(H,13,14)(H2,11,12,15)/t7?,8-/m1/s1. The summed E-state index contributed by atoms with van der Waals surface area (Å²) in [4.78, 5) is 22.3. The SMILES string of the molecule is CCC[C@@H](NC(=O)NC1CCSC1)C(=O)O. The van der Waals surface area contributed by atoms with Gasteiger partial charge in [0.05, 0.1) is 0 Å². The van der Waals surface area contributed by atoms with E-state index < -0.39 is 12.0 Å². The van der Waals surface area contributed by atoms with Crippen LogP contribution in [0.15, 0.2) is 0 Å². The number of thioether (sulfide) groups is 1. The Balaban J connectivity index is 2.32. The van der Waals surface area contributed by atoms with Gasteiger partial charge in [-0.2, -0.15) is 11.8 Å². The highest BCUT2D eigenvalue weighted by Crippen LogP contribution is 2.16. The minimum Gasteiger partial charge on any atom is -0.480 e. The molecule has 0 saturated carbocycles. The highest BCUT2D eigenvalue weighted by atomic mass is 32.2. The van der Waals surface area contributed by atoms with Crippen molar-refractivity contribution >= 4 is 23.8 Å². The van der Waals surface area contributed by atoms with Gasteiger partial charge >= 0.3 is 12.0 Å². The molecule has 0 aliphatic carbocycles. The summed E-state index contributed by atoms with van der Waals surface area (Å²) in [7, 11) is 0. The second kappa shape index (κ2) is 6.62. The molecule has 1 fully saturated rings. The average molecular weight is 246 g/mol. The van der Waals surface area contributed by atoms with Gasteiger partial charge in [0, 0.05) is 11.8 Å². The predicted octanol–water partition coefficient (Wildman–Crippen LogP) is 1.04. The van der Waals surface area contributed by atoms with Crippen molar-refractivity contribution in [2.24, 2.45) is 0 Å². The van der Waals surface area contributed by atoms with Gasteiger partial charge in [-0.15, -0.1) is 0 Å². The molecule has 1 heterocycles. The summed E-state index contributed by atoms with van der Waals surface area (Å²) < 4.78 is 0. The van der Waals surface area contributed by atoms with E-state index >= 15 is 0 Å². The normalized spacial score (nSPS) is 21.4. The molecule has 16 heavy (non-hydrogen) atoms. The van der Waals surface area contributed by atoms with E-state index in [1.807, 2.05) is 6.92 Å². The van der Waals surface area contributed by atoms with Crippen LogP contribution in [-0.4, -0.2) is 40.7 Å². The van der Waals surface area contributed by atoms with Gasteiger partial charge in [0.15, 0.2) is 0 Å². The maximum absolute atomic E-state index is 11.5. The molecule has 0 bridgehead atoms. The highest BCUT2D eigenvalue weighted by molar-refractivity contribution is 7.99. The lowest BCUT2D eigenvalue weighted by Crippen LogP contribution is -2.49. The van der Waals surface area contributed by atoms with Crippen LogP contribution in [0, 0.1) is 0 Å². The largest absolute Gasteiger partial charge is 0.480 e. The first kappa shape index (κ1) is 13.2. The zero-order valence-corrected chi connectivity index (χ0v) is 10.2. The van der Waals surface area contributed by atoms with Crippen molar-refractivity contribution in [3.63, 3.8) is 0 Å². The summed E-state index contributed by atoms with van der Waals surface area (Å²) in [6, 6.07) is -0.964. The van der Waals surface area contributed by atoms with Gasteiger partial charge in [-0.05, 0) is 18.6 Å². The Bertz CT molecular complexity index is 254. The predicted molar refractivity (Wildman–Crippen MR) is 63.7 cm³/mol. The molecule has 1 aliphatic heterocycles. The monoisotopic (exact) mass is 246 g/mol. The first-order chi connectivity index (χ1) is 7.63. The highest BCUT2D eigenvalue weighted by Gasteiger charge is 2.22. The number of carboxylic acid groups (broad SMARTS) is 1. The van der Waals surface area contributed by atoms with Crippen molar-refractivity contribution in [1.82, 2.24) is 10.6 Å². The quantitative estimate of drug-likeness (QED) is 0.677. The molecule has 1 aliphatic rings. The lowest BCUT2D eigenvalue weighted by atomic mass is 10.2. The van der Waals surface area contributed by atoms with Gasteiger partial charge in [-0.3, -0.25) is 0 Å². The lowest BCUT2D eigenvalue weighted by Gasteiger charge is -2.16. The summed E-state index contributed by atoms with van der Waals surface area (Å²) in [5.74, 6) is 0.999. The van der Waals surface area contributed by atoms with Crippen LogP contribution in [0.5, 0.6) is 0 Å². The van der Waals surface area contributed by atoms with Crippen molar-refractivity contribution in [2.45, 2.75) is 38.3 Å². The number of amides is 2. The average Bonchev–Trinajstić information content (AvgIpc) is 2.69. The van der Waals surface area contributed by atoms with Crippen molar-refractivity contribution in [2.75, 3.05) is 11.5 Å². The van der Waals surface area contributed by atoms with Crippen LogP contribution in [0.2, 0.25) is 0 Å². The first-order valence-corrected chi connectivity index (χ1v) is 6.66. The van der Waals surface area contributed by atoms with E-state index in [0.717, 1.165) is 24.3 Å². The Hall–Kier alpha value is -0.910. The van der Waals surface area contributed by atoms with Crippen LogP contribution in [0.25, 0.3) is 0 Å². The number of rotatable bonds is 5. The van der Waals surface area contributed by atoms with E-state index in [4.69, 9.17) is 5.11 Å². The van der Waals surface area contributed by atoms with E-state index in [9.17, 15) is 9.59 Å². The molecular weight excluding hydrogens is 228 g/mol. The summed E-state index contributed by atoms with van der Waals surface area (Å²) >= 11 is 1.80. The number of hydrogen-bond acceptors (Lipinski definition) is 3. The number of nitrogens with one attached hydrogen (secondary N) is 2. The molecule has 0 aromatic rings. The smallest absolute Gasteiger partial charge is 0.326 e. The topological polar surface area (TPSA) is 78.4 Å². The Kier molecular flexibility index (Phi) is 5.45. The second-order valence-electron chi connectivity index (χ2n) is 3.86. The van der Waals surface area contributed by atoms with Gasteiger partial charge < -0.3 is 15.7 Å². The van der Waals surface area contributed by atoms with Gasteiger partial charge in [0.1, 0.15) is 6.04 Å². The summed E-state index contributed by atoms with van der Waals surface area (Å²) in [6.07, 6.45) is 2.16. The fourth-order valence-corrected chi connectivity index (χ4v) is 2.73. The molecule has 3 N–H and O–H groups in total. The fourth-order valence-electron chi connectivity index (χ4n) is 1.58. The van der Waals surface area contributed by atoms with E-state index in [-0.39, 0.29) is 12.1 Å². The molecule has 0 aromatic heterocycles. The van der Waals surface area contributed by atoms with E-state index in [2.05, 4.69) is 10.6 Å². The number of carbonyl (C=O) groups excluding carboxylic acids is 1. The van der Waals surface area contributed by atoms with Gasteiger partial charge in [0.2, 0.25) is 0 Å². The molecule has 6 heteroatoms. The molecule has 1 unspecified atom stereocenters. The van der Waals surface area contributed by atoms with Crippen LogP contribution < -0.4 is 10.6 Å². The Labute approximate surface area is 99.4 Å². The third-order valence-electron chi connectivity index (χ3n) is 2.45. The molecule has 0 radical (unpaired) electrons. The molecule has 1 rings (SSSR count). The van der Waals surface area contributed by atoms with E-state index in [1.54, 1.807) is 11.8 Å². The molecular formula is C10H18N2O3S. The van der Waals surface area contributed by atoms with Crippen molar-refractivity contribution in [1.29, 1.82) is 0 Å². The maximum atomic E-state index is 11.5. The molecule has 2 amide bonds. The Morgan fingerprint density at radius 3 is 2.81 bits per heavy atom. The molecule has 92 valence electrons. The van der Waals surface area contributed by atoms with Gasteiger partial charge in [-0.25, -0.2) is 9.59 Å². The summed E-state index contributed by atoms with van der Waals surface area (Å²) in [5.41, 5.74) is 0. The van der Waals surface area contributed by atoms with E-state index in [1.165, 1.54) is 0 Å². The third-order valence-corrected chi connectivity index (χ3v) is 3.61. The van der Waals surface area contributed by atoms with Crippen LogP contribution in [0.3, 0.4) is 0 Å². The van der Waals surface area contributed by atoms with Crippen LogP contribution >= 0.6 is 11.8 Å². The number of aliphatic carboxylic acids is 1. The summed E-state index contributed by atoms with van der Waals surface area (Å²) in [6.45, 7) is 1.89. The van der Waals surface area contributed by atoms with Gasteiger partial charge in [0.25, 0.3) is 0 Å². The Morgan fingerprint density at radius 2 is 2.31 bits per heavy atom. The Morgan fingerprint density at radius 1 is 1.56 bits per heavy atom. The fraction of sp³-hybridized carbons (Fsp3) is 0.800. The third kappa shape index (κ3) is 4.30. The molecule has 0 aromatic carbocycles. The minimum atomic E-state index is -0.974. The lowest BCUT2D eigenvalue weighted by molar-refractivity contribution is -0.139. The van der Waals surface area contributed by atoms with Crippen molar-refractivity contribution < 1.29 is 14.7 Å². The van der Waals surface area contributed by atoms with Crippen molar-refractivity contribution in [3.05, 3.63) is 0 Å². The minimum absolute atomic E-state index is 0.182. The van der Waals surface area contributed by atoms with Crippen LogP contribution in [-0.2, 0) is 4.79 Å². The van der Waals surface area contributed by atoms with Gasteiger partial charge in [-0.1, -0.05) is 13.3 Å². The second-order valence-corrected chi connectivity index (χ2v) is 5.01. The van der Waals surface area contributed by atoms with Crippen LogP contribution in [0.4, 0.5) is 4.79 Å². The zero-order valence-electron chi connectivity index (χ0n) is 9.36. The maximum Gasteiger partial charge on any atom is 0.326 e. The number of carbonyl (C=O) groups is 2. The zero-order chi connectivity index (χ0) is 12.0. The van der Waals surface area contributed by atoms with Crippen LogP contribution in [0.1, 0.15) is 26.2 Å². The molecule has 5 nitrogen and oxygen atoms in total. The summed E-state index contributed by atoms with van der Waals surface area (Å²) in [5, 5.41) is 14.1. The molecule has 2 atom stereocenters.